The number of sulfonamides is 1. The molecule has 1 aliphatic heterocycles. The number of methoxy groups -OCH3 is 1. The predicted octanol–water partition coefficient (Wildman–Crippen LogP) is 1.20. The third kappa shape index (κ3) is 2.91. The molecule has 0 atom stereocenters. The van der Waals surface area contributed by atoms with Gasteiger partial charge in [-0.1, -0.05) is 6.07 Å². The first kappa shape index (κ1) is 14.3. The molecule has 1 N–H and O–H groups in total. The van der Waals surface area contributed by atoms with E-state index >= 15 is 0 Å². The summed E-state index contributed by atoms with van der Waals surface area (Å²) in [5.41, 5.74) is 1.000. The zero-order chi connectivity index (χ0) is 13.9. The maximum absolute atomic E-state index is 12.5. The van der Waals surface area contributed by atoms with E-state index in [0.717, 1.165) is 18.4 Å². The minimum absolute atomic E-state index is 0.261. The Morgan fingerprint density at radius 2 is 2.00 bits per heavy atom. The van der Waals surface area contributed by atoms with Gasteiger partial charge in [-0.2, -0.15) is 4.31 Å². The van der Waals surface area contributed by atoms with Crippen molar-refractivity contribution in [3.63, 3.8) is 0 Å². The normalized spacial score (nSPS) is 16.7. The van der Waals surface area contributed by atoms with Crippen LogP contribution in [0.1, 0.15) is 18.4 Å². The molecule has 0 saturated carbocycles. The first-order valence-electron chi connectivity index (χ1n) is 6.41. The van der Waals surface area contributed by atoms with Crippen LogP contribution in [-0.4, -0.2) is 40.0 Å². The molecule has 0 amide bonds. The van der Waals surface area contributed by atoms with Gasteiger partial charge in [0.1, 0.15) is 10.6 Å². The SMILES string of the molecule is CNCc1ccc(S(=O)(=O)N2CCCC2)c(OC)c1. The lowest BCUT2D eigenvalue weighted by atomic mass is 10.2. The van der Waals surface area contributed by atoms with Crippen LogP contribution in [-0.2, 0) is 16.6 Å². The zero-order valence-corrected chi connectivity index (χ0v) is 12.2. The van der Waals surface area contributed by atoms with Gasteiger partial charge in [0.15, 0.2) is 0 Å². The predicted molar refractivity (Wildman–Crippen MR) is 73.8 cm³/mol. The van der Waals surface area contributed by atoms with Gasteiger partial charge in [-0.05, 0) is 37.6 Å². The third-order valence-corrected chi connectivity index (χ3v) is 5.23. The number of ether oxygens (including phenoxy) is 1. The summed E-state index contributed by atoms with van der Waals surface area (Å²) in [5.74, 6) is 0.416. The molecule has 1 heterocycles. The highest BCUT2D eigenvalue weighted by atomic mass is 32.2. The lowest BCUT2D eigenvalue weighted by Crippen LogP contribution is -2.28. The Bertz CT molecular complexity index is 537. The van der Waals surface area contributed by atoms with Gasteiger partial charge in [0, 0.05) is 19.6 Å². The molecule has 0 bridgehead atoms. The van der Waals surface area contributed by atoms with E-state index in [1.807, 2.05) is 13.1 Å². The highest BCUT2D eigenvalue weighted by molar-refractivity contribution is 7.89. The van der Waals surface area contributed by atoms with Crippen molar-refractivity contribution in [1.29, 1.82) is 0 Å². The van der Waals surface area contributed by atoms with Gasteiger partial charge in [0.05, 0.1) is 7.11 Å². The summed E-state index contributed by atoms with van der Waals surface area (Å²) in [6.45, 7) is 1.88. The van der Waals surface area contributed by atoms with Crippen molar-refractivity contribution in [2.75, 3.05) is 27.2 Å². The van der Waals surface area contributed by atoms with Crippen LogP contribution in [0.2, 0.25) is 0 Å². The van der Waals surface area contributed by atoms with Crippen molar-refractivity contribution in [1.82, 2.24) is 9.62 Å². The van der Waals surface area contributed by atoms with Crippen molar-refractivity contribution in [3.8, 4) is 5.75 Å². The molecule has 1 fully saturated rings. The van der Waals surface area contributed by atoms with Gasteiger partial charge < -0.3 is 10.1 Å². The van der Waals surface area contributed by atoms with Crippen LogP contribution in [0.15, 0.2) is 23.1 Å². The molecule has 106 valence electrons. The molecule has 6 heteroatoms. The molecule has 0 aromatic heterocycles. The topological polar surface area (TPSA) is 58.6 Å². The first-order valence-corrected chi connectivity index (χ1v) is 7.85. The van der Waals surface area contributed by atoms with Crippen molar-refractivity contribution >= 4 is 10.0 Å². The number of nitrogens with one attached hydrogen (secondary N) is 1. The Morgan fingerprint density at radius 3 is 2.58 bits per heavy atom. The smallest absolute Gasteiger partial charge is 0.246 e. The first-order chi connectivity index (χ1) is 9.09. The third-order valence-electron chi connectivity index (χ3n) is 3.29. The fourth-order valence-electron chi connectivity index (χ4n) is 2.31. The Labute approximate surface area is 114 Å². The van der Waals surface area contributed by atoms with Crippen molar-refractivity contribution in [2.24, 2.45) is 0 Å². The van der Waals surface area contributed by atoms with Gasteiger partial charge >= 0.3 is 0 Å². The molecule has 0 spiro atoms. The average Bonchev–Trinajstić information content (AvgIpc) is 2.93. The number of rotatable bonds is 5. The fourth-order valence-corrected chi connectivity index (χ4v) is 3.96. The standard InChI is InChI=1S/C13H20N2O3S/c1-14-10-11-5-6-13(12(9-11)18-2)19(16,17)15-7-3-4-8-15/h5-6,9,14H,3-4,7-8,10H2,1-2H3. The number of benzene rings is 1. The zero-order valence-electron chi connectivity index (χ0n) is 11.3. The molecule has 1 aromatic rings. The molecule has 1 aliphatic rings. The Kier molecular flexibility index (Phi) is 4.44. The van der Waals surface area contributed by atoms with Crippen LogP contribution < -0.4 is 10.1 Å². The molecular weight excluding hydrogens is 264 g/mol. The van der Waals surface area contributed by atoms with E-state index in [0.29, 0.717) is 25.4 Å². The monoisotopic (exact) mass is 284 g/mol. The molecule has 5 nitrogen and oxygen atoms in total. The van der Waals surface area contributed by atoms with E-state index in [4.69, 9.17) is 4.74 Å². The van der Waals surface area contributed by atoms with Gasteiger partial charge in [0.25, 0.3) is 0 Å². The molecule has 0 aliphatic carbocycles. The molecule has 19 heavy (non-hydrogen) atoms. The van der Waals surface area contributed by atoms with E-state index in [9.17, 15) is 8.42 Å². The van der Waals surface area contributed by atoms with Crippen LogP contribution in [0.3, 0.4) is 0 Å². The van der Waals surface area contributed by atoms with Gasteiger partial charge in [-0.3, -0.25) is 0 Å². The Morgan fingerprint density at radius 1 is 1.32 bits per heavy atom. The van der Waals surface area contributed by atoms with Crippen LogP contribution >= 0.6 is 0 Å². The summed E-state index contributed by atoms with van der Waals surface area (Å²) in [6, 6.07) is 5.24. The second kappa shape index (κ2) is 5.90. The van der Waals surface area contributed by atoms with E-state index in [1.54, 1.807) is 12.1 Å². The quantitative estimate of drug-likeness (QED) is 0.882. The summed E-state index contributed by atoms with van der Waals surface area (Å²) >= 11 is 0. The highest BCUT2D eigenvalue weighted by Crippen LogP contribution is 2.29. The van der Waals surface area contributed by atoms with Crippen molar-refractivity contribution in [3.05, 3.63) is 23.8 Å². The summed E-state index contributed by atoms with van der Waals surface area (Å²) in [4.78, 5) is 0.261. The minimum atomic E-state index is -3.43. The summed E-state index contributed by atoms with van der Waals surface area (Å²) < 4.78 is 31.8. The Hall–Kier alpha value is -1.11. The number of nitrogens with zero attached hydrogens (tertiary/aromatic N) is 1. The van der Waals surface area contributed by atoms with E-state index < -0.39 is 10.0 Å². The second-order valence-corrected chi connectivity index (χ2v) is 6.53. The van der Waals surface area contributed by atoms with Crippen molar-refractivity contribution < 1.29 is 13.2 Å². The van der Waals surface area contributed by atoms with E-state index in [1.165, 1.54) is 11.4 Å². The summed E-state index contributed by atoms with van der Waals surface area (Å²) in [6.07, 6.45) is 1.86. The lowest BCUT2D eigenvalue weighted by Gasteiger charge is -2.18. The molecule has 1 saturated heterocycles. The minimum Gasteiger partial charge on any atom is -0.495 e. The largest absolute Gasteiger partial charge is 0.495 e. The molecule has 0 unspecified atom stereocenters. The van der Waals surface area contributed by atoms with E-state index in [-0.39, 0.29) is 4.90 Å². The fraction of sp³-hybridized carbons (Fsp3) is 0.538. The molecule has 1 aromatic carbocycles. The molecule has 2 rings (SSSR count). The Balaban J connectivity index is 2.38. The number of hydrogen-bond donors (Lipinski definition) is 1. The number of hydrogen-bond acceptors (Lipinski definition) is 4. The van der Waals surface area contributed by atoms with Gasteiger partial charge in [0.2, 0.25) is 10.0 Å². The highest BCUT2D eigenvalue weighted by Gasteiger charge is 2.29. The van der Waals surface area contributed by atoms with Gasteiger partial charge in [-0.15, -0.1) is 0 Å². The van der Waals surface area contributed by atoms with Crippen molar-refractivity contribution in [2.45, 2.75) is 24.3 Å². The molecular formula is C13H20N2O3S. The summed E-state index contributed by atoms with van der Waals surface area (Å²) in [5, 5.41) is 3.03. The molecule has 0 radical (unpaired) electrons. The van der Waals surface area contributed by atoms with Crippen LogP contribution in [0.4, 0.5) is 0 Å². The maximum atomic E-state index is 12.5. The average molecular weight is 284 g/mol. The van der Waals surface area contributed by atoms with Crippen LogP contribution in [0.5, 0.6) is 5.75 Å². The summed E-state index contributed by atoms with van der Waals surface area (Å²) in [7, 11) is -0.0752. The van der Waals surface area contributed by atoms with Gasteiger partial charge in [-0.25, -0.2) is 8.42 Å². The van der Waals surface area contributed by atoms with Crippen LogP contribution in [0, 0.1) is 0 Å². The van der Waals surface area contributed by atoms with Crippen LogP contribution in [0.25, 0.3) is 0 Å². The van der Waals surface area contributed by atoms with E-state index in [2.05, 4.69) is 5.32 Å². The second-order valence-electron chi connectivity index (χ2n) is 4.63. The lowest BCUT2D eigenvalue weighted by molar-refractivity contribution is 0.397. The maximum Gasteiger partial charge on any atom is 0.246 e.